The van der Waals surface area contributed by atoms with Gasteiger partial charge in [-0.05, 0) is 18.1 Å². The molecule has 2 aromatic rings. The third-order valence-corrected chi connectivity index (χ3v) is 3.71. The van der Waals surface area contributed by atoms with Gasteiger partial charge in [0.15, 0.2) is 0 Å². The fourth-order valence-electron chi connectivity index (χ4n) is 2.92. The third kappa shape index (κ3) is 1.26. The van der Waals surface area contributed by atoms with Crippen LogP contribution in [0.4, 0.5) is 5.69 Å². The summed E-state index contributed by atoms with van der Waals surface area (Å²) in [4.78, 5) is 7.10. The number of fused-ring (bicyclic) bond motifs is 6. The number of nitrogens with zero attached hydrogens (tertiary/aromatic N) is 2. The molecule has 2 heterocycles. The first kappa shape index (κ1) is 9.89. The van der Waals surface area contributed by atoms with Gasteiger partial charge in [-0.1, -0.05) is 42.5 Å². The summed E-state index contributed by atoms with van der Waals surface area (Å²) in [7, 11) is 0. The molecule has 0 unspecified atom stereocenters. The van der Waals surface area contributed by atoms with E-state index in [1.807, 2.05) is 0 Å². The zero-order valence-electron chi connectivity index (χ0n) is 10.1. The molecule has 0 saturated heterocycles. The summed E-state index contributed by atoms with van der Waals surface area (Å²) in [6.45, 7) is 2.02. The molecular formula is C16H14N2. The molecule has 0 spiro atoms. The molecule has 0 aliphatic carbocycles. The molecule has 18 heavy (non-hydrogen) atoms. The van der Waals surface area contributed by atoms with Gasteiger partial charge in [-0.3, -0.25) is 4.99 Å². The lowest BCUT2D eigenvalue weighted by atomic mass is 9.92. The summed E-state index contributed by atoms with van der Waals surface area (Å²) in [6, 6.07) is 17.2. The van der Waals surface area contributed by atoms with Crippen LogP contribution in [0.3, 0.4) is 0 Å². The normalized spacial score (nSPS) is 16.4. The number of aliphatic imine (C=N–C) groups is 1. The molecule has 88 valence electrons. The maximum absolute atomic E-state index is 4.73. The van der Waals surface area contributed by atoms with Gasteiger partial charge in [0.05, 0.1) is 5.69 Å². The number of rotatable bonds is 0. The van der Waals surface area contributed by atoms with Gasteiger partial charge in [0.25, 0.3) is 0 Å². The SMILES string of the molecule is c1ccc2c(c1)C1=NCCCN1c1ccccc1-2. The highest BCUT2D eigenvalue weighted by Crippen LogP contribution is 2.39. The number of hydrogen-bond acceptors (Lipinski definition) is 2. The minimum absolute atomic E-state index is 0.947. The summed E-state index contributed by atoms with van der Waals surface area (Å²) in [5.74, 6) is 1.15. The van der Waals surface area contributed by atoms with Gasteiger partial charge < -0.3 is 4.90 Å². The van der Waals surface area contributed by atoms with Crippen molar-refractivity contribution in [2.24, 2.45) is 4.99 Å². The molecule has 0 fully saturated rings. The highest BCUT2D eigenvalue weighted by atomic mass is 15.2. The second-order valence-electron chi connectivity index (χ2n) is 4.77. The lowest BCUT2D eigenvalue weighted by Gasteiger charge is -2.36. The molecule has 0 saturated carbocycles. The Morgan fingerprint density at radius 2 is 1.56 bits per heavy atom. The van der Waals surface area contributed by atoms with Gasteiger partial charge in [0, 0.05) is 24.2 Å². The molecule has 0 atom stereocenters. The minimum Gasteiger partial charge on any atom is -0.326 e. The van der Waals surface area contributed by atoms with Crippen molar-refractivity contribution in [1.82, 2.24) is 0 Å². The quantitative estimate of drug-likeness (QED) is 0.682. The van der Waals surface area contributed by atoms with Crippen LogP contribution in [0.25, 0.3) is 11.1 Å². The van der Waals surface area contributed by atoms with Gasteiger partial charge in [0.1, 0.15) is 5.84 Å². The van der Waals surface area contributed by atoms with Crippen LogP contribution in [0.2, 0.25) is 0 Å². The second-order valence-corrected chi connectivity index (χ2v) is 4.77. The van der Waals surface area contributed by atoms with Crippen molar-refractivity contribution < 1.29 is 0 Å². The summed E-state index contributed by atoms with van der Waals surface area (Å²) < 4.78 is 0. The minimum atomic E-state index is 0.947. The molecule has 0 bridgehead atoms. The van der Waals surface area contributed by atoms with E-state index in [4.69, 9.17) is 4.99 Å². The molecule has 0 aromatic heterocycles. The lowest BCUT2D eigenvalue weighted by molar-refractivity contribution is 0.789. The smallest absolute Gasteiger partial charge is 0.136 e. The van der Waals surface area contributed by atoms with Crippen LogP contribution in [0.15, 0.2) is 53.5 Å². The number of benzene rings is 2. The van der Waals surface area contributed by atoms with Crippen LogP contribution >= 0.6 is 0 Å². The van der Waals surface area contributed by atoms with Gasteiger partial charge in [-0.2, -0.15) is 0 Å². The summed E-state index contributed by atoms with van der Waals surface area (Å²) in [5, 5.41) is 0. The van der Waals surface area contributed by atoms with Crippen LogP contribution < -0.4 is 4.90 Å². The molecule has 4 rings (SSSR count). The number of anilines is 1. The Kier molecular flexibility index (Phi) is 2.04. The Labute approximate surface area is 107 Å². The van der Waals surface area contributed by atoms with Crippen LogP contribution in [0, 0.1) is 0 Å². The zero-order chi connectivity index (χ0) is 11.9. The number of amidine groups is 1. The lowest BCUT2D eigenvalue weighted by Crippen LogP contribution is -2.39. The van der Waals surface area contributed by atoms with Gasteiger partial charge >= 0.3 is 0 Å². The molecule has 2 nitrogen and oxygen atoms in total. The standard InChI is InChI=1S/C16H14N2/c1-2-8-14-12(6-1)13-7-3-4-9-15(13)18-11-5-10-17-16(14)18/h1-4,6-9H,5,10-11H2. The van der Waals surface area contributed by atoms with Crippen LogP contribution in [-0.4, -0.2) is 18.9 Å². The predicted octanol–water partition coefficient (Wildman–Crippen LogP) is 3.32. The Balaban J connectivity index is 2.07. The average molecular weight is 234 g/mol. The van der Waals surface area contributed by atoms with Crippen molar-refractivity contribution in [2.45, 2.75) is 6.42 Å². The van der Waals surface area contributed by atoms with Crippen molar-refractivity contribution in [2.75, 3.05) is 18.0 Å². The summed E-state index contributed by atoms with van der Waals surface area (Å²) >= 11 is 0. The second kappa shape index (κ2) is 3.70. The van der Waals surface area contributed by atoms with Gasteiger partial charge in [-0.15, -0.1) is 0 Å². The van der Waals surface area contributed by atoms with Crippen molar-refractivity contribution in [3.8, 4) is 11.1 Å². The molecule has 2 aromatic carbocycles. The summed E-state index contributed by atoms with van der Waals surface area (Å²) in [6.07, 6.45) is 1.14. The highest BCUT2D eigenvalue weighted by molar-refractivity contribution is 6.19. The van der Waals surface area contributed by atoms with E-state index in [9.17, 15) is 0 Å². The first-order valence-corrected chi connectivity index (χ1v) is 6.46. The highest BCUT2D eigenvalue weighted by Gasteiger charge is 2.28. The van der Waals surface area contributed by atoms with Crippen molar-refractivity contribution in [3.05, 3.63) is 54.1 Å². The van der Waals surface area contributed by atoms with E-state index in [-0.39, 0.29) is 0 Å². The van der Waals surface area contributed by atoms with Crippen LogP contribution in [0.5, 0.6) is 0 Å². The average Bonchev–Trinajstić information content (AvgIpc) is 2.48. The monoisotopic (exact) mass is 234 g/mol. The maximum Gasteiger partial charge on any atom is 0.136 e. The Morgan fingerprint density at radius 1 is 0.833 bits per heavy atom. The van der Waals surface area contributed by atoms with Crippen LogP contribution in [0.1, 0.15) is 12.0 Å². The van der Waals surface area contributed by atoms with E-state index in [0.717, 1.165) is 25.3 Å². The molecule has 0 radical (unpaired) electrons. The fraction of sp³-hybridized carbons (Fsp3) is 0.188. The Hall–Kier alpha value is -2.09. The van der Waals surface area contributed by atoms with Crippen LogP contribution in [-0.2, 0) is 0 Å². The van der Waals surface area contributed by atoms with E-state index in [2.05, 4.69) is 53.4 Å². The zero-order valence-corrected chi connectivity index (χ0v) is 10.1. The number of hydrogen-bond donors (Lipinski definition) is 0. The predicted molar refractivity (Wildman–Crippen MR) is 75.2 cm³/mol. The van der Waals surface area contributed by atoms with Gasteiger partial charge in [0.2, 0.25) is 0 Å². The van der Waals surface area contributed by atoms with Crippen molar-refractivity contribution >= 4 is 11.5 Å². The number of para-hydroxylation sites is 1. The first-order valence-electron chi connectivity index (χ1n) is 6.46. The van der Waals surface area contributed by atoms with Gasteiger partial charge in [-0.25, -0.2) is 0 Å². The largest absolute Gasteiger partial charge is 0.326 e. The van der Waals surface area contributed by atoms with E-state index in [1.165, 1.54) is 22.4 Å². The van der Waals surface area contributed by atoms with E-state index in [1.54, 1.807) is 0 Å². The molecule has 2 aliphatic rings. The van der Waals surface area contributed by atoms with E-state index in [0.29, 0.717) is 0 Å². The van der Waals surface area contributed by atoms with E-state index >= 15 is 0 Å². The molecule has 0 amide bonds. The molecule has 0 N–H and O–H groups in total. The Morgan fingerprint density at radius 3 is 2.44 bits per heavy atom. The Bertz CT molecular complexity index is 643. The molecule has 2 aliphatic heterocycles. The fourth-order valence-corrected chi connectivity index (χ4v) is 2.92. The summed E-state index contributed by atoms with van der Waals surface area (Å²) in [5.41, 5.74) is 5.21. The maximum atomic E-state index is 4.73. The molecular weight excluding hydrogens is 220 g/mol. The first-order chi connectivity index (χ1) is 8.95. The van der Waals surface area contributed by atoms with Crippen molar-refractivity contribution in [3.63, 3.8) is 0 Å². The topological polar surface area (TPSA) is 15.6 Å². The van der Waals surface area contributed by atoms with E-state index < -0.39 is 0 Å². The molecule has 2 heteroatoms. The van der Waals surface area contributed by atoms with Crippen molar-refractivity contribution in [1.29, 1.82) is 0 Å². The third-order valence-electron chi connectivity index (χ3n) is 3.71.